The Hall–Kier alpha value is -1.71. The van der Waals surface area contributed by atoms with Crippen molar-refractivity contribution in [2.24, 2.45) is 0 Å². The molecule has 130 valence electrons. The quantitative estimate of drug-likeness (QED) is 0.837. The maximum atomic E-state index is 12.6. The summed E-state index contributed by atoms with van der Waals surface area (Å²) in [6.07, 6.45) is -3.06. The van der Waals surface area contributed by atoms with Crippen LogP contribution in [-0.4, -0.2) is 50.4 Å². The third-order valence-electron chi connectivity index (χ3n) is 4.33. The molecule has 3 heterocycles. The van der Waals surface area contributed by atoms with Crippen molar-refractivity contribution >= 4 is 12.4 Å². The van der Waals surface area contributed by atoms with E-state index < -0.39 is 11.7 Å². The molecule has 4 rings (SSSR count). The van der Waals surface area contributed by atoms with Gasteiger partial charge in [-0.05, 0) is 41.1 Å². The summed E-state index contributed by atoms with van der Waals surface area (Å²) < 4.78 is 44.9. The van der Waals surface area contributed by atoms with Gasteiger partial charge in [0.1, 0.15) is 0 Å². The fourth-order valence-electron chi connectivity index (χ4n) is 3.15. The third-order valence-corrected chi connectivity index (χ3v) is 4.33. The molecule has 24 heavy (non-hydrogen) atoms. The molecule has 2 bridgehead atoms. The predicted octanol–water partition coefficient (Wildman–Crippen LogP) is 2.08. The minimum absolute atomic E-state index is 0. The van der Waals surface area contributed by atoms with E-state index in [1.54, 1.807) is 0 Å². The number of halogens is 4. The number of rotatable bonds is 3. The predicted molar refractivity (Wildman–Crippen MR) is 80.0 cm³/mol. The average molecular weight is 362 g/mol. The highest BCUT2D eigenvalue weighted by atomic mass is 35.5. The van der Waals surface area contributed by atoms with Crippen molar-refractivity contribution in [1.29, 1.82) is 0 Å². The molecule has 1 aromatic carbocycles. The Morgan fingerprint density at radius 3 is 2.54 bits per heavy atom. The van der Waals surface area contributed by atoms with E-state index in [1.807, 2.05) is 0 Å². The van der Waals surface area contributed by atoms with Gasteiger partial charge in [-0.25, -0.2) is 0 Å². The SMILES string of the molecule is Cl.FC(F)(F)c1ccc(-n2nnnc2CN2C[C@@H]3C[C@H]2CO3)cc1. The van der Waals surface area contributed by atoms with E-state index in [-0.39, 0.29) is 18.5 Å². The smallest absolute Gasteiger partial charge is 0.375 e. The van der Waals surface area contributed by atoms with Crippen LogP contribution in [0.15, 0.2) is 24.3 Å². The highest BCUT2D eigenvalue weighted by Crippen LogP contribution is 2.30. The standard InChI is InChI=1S/C14H14F3N5O.ClH/c15-14(16,17)9-1-3-10(4-2-9)22-13(18-19-20-22)7-21-6-12-5-11(21)8-23-12;/h1-4,11-12H,5-8H2;1H/t11-,12-;/m0./s1. The lowest BCUT2D eigenvalue weighted by atomic mass is 10.2. The Morgan fingerprint density at radius 1 is 1.21 bits per heavy atom. The molecule has 0 saturated carbocycles. The van der Waals surface area contributed by atoms with Gasteiger partial charge in [-0.1, -0.05) is 0 Å². The summed E-state index contributed by atoms with van der Waals surface area (Å²) in [6.45, 7) is 2.11. The molecule has 0 unspecified atom stereocenters. The van der Waals surface area contributed by atoms with Crippen LogP contribution < -0.4 is 0 Å². The largest absolute Gasteiger partial charge is 0.416 e. The van der Waals surface area contributed by atoms with Gasteiger partial charge in [-0.3, -0.25) is 4.90 Å². The Bertz CT molecular complexity index is 705. The summed E-state index contributed by atoms with van der Waals surface area (Å²) in [5, 5.41) is 11.6. The maximum Gasteiger partial charge on any atom is 0.416 e. The number of tetrazole rings is 1. The zero-order chi connectivity index (χ0) is 16.0. The van der Waals surface area contributed by atoms with Crippen LogP contribution in [-0.2, 0) is 17.5 Å². The number of nitrogens with zero attached hydrogens (tertiary/aromatic N) is 5. The Morgan fingerprint density at radius 2 is 1.96 bits per heavy atom. The van der Waals surface area contributed by atoms with Gasteiger partial charge in [-0.2, -0.15) is 17.9 Å². The van der Waals surface area contributed by atoms with E-state index in [2.05, 4.69) is 20.4 Å². The first kappa shape index (κ1) is 17.1. The second-order valence-corrected chi connectivity index (χ2v) is 5.83. The van der Waals surface area contributed by atoms with E-state index >= 15 is 0 Å². The molecular weight excluding hydrogens is 347 g/mol. The number of hydrogen-bond acceptors (Lipinski definition) is 5. The van der Waals surface area contributed by atoms with Crippen LogP contribution in [0.25, 0.3) is 5.69 Å². The summed E-state index contributed by atoms with van der Waals surface area (Å²) in [6, 6.07) is 5.20. The van der Waals surface area contributed by atoms with Crippen molar-refractivity contribution in [3.05, 3.63) is 35.7 Å². The zero-order valence-electron chi connectivity index (χ0n) is 12.5. The Balaban J connectivity index is 0.00000169. The number of ether oxygens (including phenoxy) is 1. The minimum atomic E-state index is -4.35. The fraction of sp³-hybridized carbons (Fsp3) is 0.500. The first-order valence-corrected chi connectivity index (χ1v) is 7.31. The van der Waals surface area contributed by atoms with Crippen molar-refractivity contribution in [1.82, 2.24) is 25.1 Å². The molecule has 2 atom stereocenters. The summed E-state index contributed by atoms with van der Waals surface area (Å²) in [7, 11) is 0. The molecule has 2 aliphatic heterocycles. The van der Waals surface area contributed by atoms with E-state index in [0.29, 0.717) is 30.7 Å². The van der Waals surface area contributed by atoms with E-state index in [0.717, 1.165) is 25.1 Å². The Kier molecular flexibility index (Phi) is 4.50. The molecule has 2 fully saturated rings. The van der Waals surface area contributed by atoms with Crippen molar-refractivity contribution < 1.29 is 17.9 Å². The van der Waals surface area contributed by atoms with Gasteiger partial charge >= 0.3 is 6.18 Å². The molecule has 0 radical (unpaired) electrons. The normalized spacial score (nSPS) is 23.5. The highest BCUT2D eigenvalue weighted by molar-refractivity contribution is 5.85. The van der Waals surface area contributed by atoms with Crippen molar-refractivity contribution in [3.8, 4) is 5.69 Å². The van der Waals surface area contributed by atoms with Gasteiger partial charge in [0.2, 0.25) is 0 Å². The molecule has 0 spiro atoms. The average Bonchev–Trinajstić information content (AvgIpc) is 3.23. The number of alkyl halides is 3. The fourth-order valence-corrected chi connectivity index (χ4v) is 3.15. The van der Waals surface area contributed by atoms with Crippen LogP contribution in [0.1, 0.15) is 17.8 Å². The molecule has 0 N–H and O–H groups in total. The van der Waals surface area contributed by atoms with Gasteiger partial charge in [0.05, 0.1) is 30.5 Å². The van der Waals surface area contributed by atoms with Crippen LogP contribution in [0, 0.1) is 0 Å². The zero-order valence-corrected chi connectivity index (χ0v) is 13.3. The molecule has 10 heteroatoms. The molecule has 0 aliphatic carbocycles. The van der Waals surface area contributed by atoms with Crippen molar-refractivity contribution in [2.75, 3.05) is 13.2 Å². The van der Waals surface area contributed by atoms with Crippen LogP contribution in [0.3, 0.4) is 0 Å². The lowest BCUT2D eigenvalue weighted by Crippen LogP contribution is -2.37. The molecule has 6 nitrogen and oxygen atoms in total. The number of benzene rings is 1. The van der Waals surface area contributed by atoms with E-state index in [4.69, 9.17) is 4.74 Å². The number of hydrogen-bond donors (Lipinski definition) is 0. The van der Waals surface area contributed by atoms with E-state index in [1.165, 1.54) is 16.8 Å². The number of morpholine rings is 1. The lowest BCUT2D eigenvalue weighted by molar-refractivity contribution is -0.137. The minimum Gasteiger partial charge on any atom is -0.375 e. The summed E-state index contributed by atoms with van der Waals surface area (Å²) in [5.74, 6) is 0.609. The monoisotopic (exact) mass is 361 g/mol. The van der Waals surface area contributed by atoms with Gasteiger partial charge in [-0.15, -0.1) is 17.5 Å². The summed E-state index contributed by atoms with van der Waals surface area (Å²) >= 11 is 0. The van der Waals surface area contributed by atoms with Gasteiger partial charge in [0, 0.05) is 12.6 Å². The number of likely N-dealkylation sites (tertiary alicyclic amines) is 1. The number of fused-ring (bicyclic) bond motifs is 2. The highest BCUT2D eigenvalue weighted by Gasteiger charge is 2.39. The molecule has 2 aromatic rings. The maximum absolute atomic E-state index is 12.6. The first-order chi connectivity index (χ1) is 11.0. The second-order valence-electron chi connectivity index (χ2n) is 5.83. The Labute approximate surface area is 142 Å². The van der Waals surface area contributed by atoms with Crippen LogP contribution >= 0.6 is 12.4 Å². The van der Waals surface area contributed by atoms with Crippen LogP contribution in [0.4, 0.5) is 13.2 Å². The van der Waals surface area contributed by atoms with Crippen LogP contribution in [0.5, 0.6) is 0 Å². The molecule has 1 aromatic heterocycles. The van der Waals surface area contributed by atoms with Gasteiger partial charge in [0.15, 0.2) is 5.82 Å². The first-order valence-electron chi connectivity index (χ1n) is 7.31. The van der Waals surface area contributed by atoms with Crippen molar-refractivity contribution in [3.63, 3.8) is 0 Å². The molecule has 0 amide bonds. The molecule has 2 aliphatic rings. The molecule has 2 saturated heterocycles. The third kappa shape index (κ3) is 3.11. The molecular formula is C14H15ClF3N5O. The number of aromatic nitrogens is 4. The van der Waals surface area contributed by atoms with Crippen molar-refractivity contribution in [2.45, 2.75) is 31.3 Å². The lowest BCUT2D eigenvalue weighted by Gasteiger charge is -2.25. The van der Waals surface area contributed by atoms with Gasteiger partial charge in [0.25, 0.3) is 0 Å². The van der Waals surface area contributed by atoms with E-state index in [9.17, 15) is 13.2 Å². The summed E-state index contributed by atoms with van der Waals surface area (Å²) in [4.78, 5) is 2.25. The van der Waals surface area contributed by atoms with Gasteiger partial charge < -0.3 is 4.74 Å². The summed E-state index contributed by atoms with van der Waals surface area (Å²) in [5.41, 5.74) is -0.177. The topological polar surface area (TPSA) is 56.1 Å². The van der Waals surface area contributed by atoms with Crippen LogP contribution in [0.2, 0.25) is 0 Å². The second kappa shape index (κ2) is 6.30.